The average molecular weight is 286 g/mol. The van der Waals surface area contributed by atoms with Crippen molar-refractivity contribution in [3.05, 3.63) is 36.5 Å². The number of carbonyl (C=O) groups excluding carboxylic acids is 1. The highest BCUT2D eigenvalue weighted by molar-refractivity contribution is 5.89. The number of fused-ring (bicyclic) bond motifs is 1. The van der Waals surface area contributed by atoms with E-state index in [4.69, 9.17) is 5.11 Å². The van der Waals surface area contributed by atoms with Gasteiger partial charge in [-0.15, -0.1) is 0 Å². The number of hydrogen-bond acceptors (Lipinski definition) is 2. The molecule has 2 atom stereocenters. The minimum absolute atomic E-state index is 0.125. The monoisotopic (exact) mass is 286 g/mol. The summed E-state index contributed by atoms with van der Waals surface area (Å²) in [6.45, 7) is 1.41. The van der Waals surface area contributed by atoms with Crippen LogP contribution in [0, 0.1) is 11.8 Å². The van der Waals surface area contributed by atoms with Gasteiger partial charge in [-0.05, 0) is 30.4 Å². The Bertz CT molecular complexity index is 677. The number of hydrogen-bond donors (Lipinski definition) is 2. The highest BCUT2D eigenvalue weighted by Crippen LogP contribution is 2.38. The fraction of sp³-hybridized carbons (Fsp3) is 0.375. The zero-order valence-electron chi connectivity index (χ0n) is 11.7. The molecule has 2 aromatic rings. The number of carboxylic acids is 1. The third-order valence-corrected chi connectivity index (χ3v) is 4.00. The number of nitrogens with zero attached hydrogens (tertiary/aromatic N) is 1. The fourth-order valence-electron chi connectivity index (χ4n) is 2.69. The van der Waals surface area contributed by atoms with E-state index in [0.717, 1.165) is 13.0 Å². The number of nitrogens with one attached hydrogen (secondary N) is 1. The van der Waals surface area contributed by atoms with Crippen molar-refractivity contribution in [1.29, 1.82) is 0 Å². The van der Waals surface area contributed by atoms with E-state index in [1.165, 1.54) is 10.9 Å². The molecule has 1 saturated carbocycles. The SMILES string of the molecule is O=C(O)[C@H]1C[C@@H]1C(=O)NCCCn1ccc2ccccc21. The van der Waals surface area contributed by atoms with Gasteiger partial charge in [-0.2, -0.15) is 0 Å². The molecule has 0 spiro atoms. The summed E-state index contributed by atoms with van der Waals surface area (Å²) in [5.74, 6) is -1.79. The zero-order chi connectivity index (χ0) is 14.8. The van der Waals surface area contributed by atoms with E-state index in [9.17, 15) is 9.59 Å². The van der Waals surface area contributed by atoms with Gasteiger partial charge >= 0.3 is 5.97 Å². The molecule has 1 aliphatic rings. The maximum Gasteiger partial charge on any atom is 0.307 e. The van der Waals surface area contributed by atoms with Crippen molar-refractivity contribution in [3.8, 4) is 0 Å². The van der Waals surface area contributed by atoms with Crippen LogP contribution in [0.25, 0.3) is 10.9 Å². The van der Waals surface area contributed by atoms with Gasteiger partial charge in [-0.3, -0.25) is 9.59 Å². The predicted molar refractivity (Wildman–Crippen MR) is 78.8 cm³/mol. The minimum Gasteiger partial charge on any atom is -0.481 e. The Morgan fingerprint density at radius 3 is 2.81 bits per heavy atom. The molecular formula is C16H18N2O3. The first-order valence-corrected chi connectivity index (χ1v) is 7.21. The second-order valence-electron chi connectivity index (χ2n) is 5.50. The molecule has 5 nitrogen and oxygen atoms in total. The van der Waals surface area contributed by atoms with Crippen LogP contribution in [0.15, 0.2) is 36.5 Å². The van der Waals surface area contributed by atoms with Gasteiger partial charge in [0.1, 0.15) is 0 Å². The number of benzene rings is 1. The molecule has 5 heteroatoms. The van der Waals surface area contributed by atoms with E-state index in [1.807, 2.05) is 18.3 Å². The van der Waals surface area contributed by atoms with E-state index in [1.54, 1.807) is 0 Å². The van der Waals surface area contributed by atoms with Crippen molar-refractivity contribution in [1.82, 2.24) is 9.88 Å². The lowest BCUT2D eigenvalue weighted by atomic mass is 10.2. The summed E-state index contributed by atoms with van der Waals surface area (Å²) in [7, 11) is 0. The maximum atomic E-state index is 11.7. The summed E-state index contributed by atoms with van der Waals surface area (Å²) < 4.78 is 2.17. The summed E-state index contributed by atoms with van der Waals surface area (Å²) in [4.78, 5) is 22.4. The fourth-order valence-corrected chi connectivity index (χ4v) is 2.69. The number of amides is 1. The van der Waals surface area contributed by atoms with Crippen LogP contribution in [0.1, 0.15) is 12.8 Å². The van der Waals surface area contributed by atoms with Crippen molar-refractivity contribution >= 4 is 22.8 Å². The van der Waals surface area contributed by atoms with Crippen LogP contribution in [0.5, 0.6) is 0 Å². The van der Waals surface area contributed by atoms with Crippen LogP contribution in [-0.4, -0.2) is 28.1 Å². The highest BCUT2D eigenvalue weighted by atomic mass is 16.4. The molecule has 0 saturated heterocycles. The van der Waals surface area contributed by atoms with Crippen molar-refractivity contribution in [2.24, 2.45) is 11.8 Å². The van der Waals surface area contributed by atoms with Gasteiger partial charge < -0.3 is 15.0 Å². The van der Waals surface area contributed by atoms with Crippen LogP contribution >= 0.6 is 0 Å². The smallest absolute Gasteiger partial charge is 0.307 e. The summed E-state index contributed by atoms with van der Waals surface area (Å²) >= 11 is 0. The van der Waals surface area contributed by atoms with Gasteiger partial charge in [0.2, 0.25) is 5.91 Å². The number of para-hydroxylation sites is 1. The molecule has 0 radical (unpaired) electrons. The van der Waals surface area contributed by atoms with Gasteiger partial charge in [0.05, 0.1) is 11.8 Å². The Balaban J connectivity index is 1.45. The summed E-state index contributed by atoms with van der Waals surface area (Å²) in [6.07, 6.45) is 3.35. The van der Waals surface area contributed by atoms with Crippen molar-refractivity contribution in [3.63, 3.8) is 0 Å². The first-order chi connectivity index (χ1) is 10.2. The lowest BCUT2D eigenvalue weighted by Gasteiger charge is -2.07. The topological polar surface area (TPSA) is 71.3 Å². The molecule has 1 aromatic carbocycles. The molecule has 1 amide bonds. The molecule has 1 aromatic heterocycles. The van der Waals surface area contributed by atoms with E-state index < -0.39 is 11.9 Å². The minimum atomic E-state index is -0.867. The zero-order valence-corrected chi connectivity index (χ0v) is 11.7. The Morgan fingerprint density at radius 2 is 2.05 bits per heavy atom. The first kappa shape index (κ1) is 13.7. The Labute approximate surface area is 122 Å². The standard InChI is InChI=1S/C16H18N2O3/c19-15(12-10-13(12)16(20)21)17-7-3-8-18-9-6-11-4-1-2-5-14(11)18/h1-2,4-6,9,12-13H,3,7-8,10H2,(H,17,19)(H,20,21)/t12-,13-/m0/s1. The number of carbonyl (C=O) groups is 2. The summed E-state index contributed by atoms with van der Waals surface area (Å²) in [5.41, 5.74) is 1.19. The van der Waals surface area contributed by atoms with Crippen molar-refractivity contribution in [2.75, 3.05) is 6.54 Å². The van der Waals surface area contributed by atoms with Crippen LogP contribution in [0.4, 0.5) is 0 Å². The second kappa shape index (κ2) is 5.60. The second-order valence-corrected chi connectivity index (χ2v) is 5.50. The molecule has 0 unspecified atom stereocenters. The Morgan fingerprint density at radius 1 is 1.24 bits per heavy atom. The maximum absolute atomic E-state index is 11.7. The third kappa shape index (κ3) is 2.91. The third-order valence-electron chi connectivity index (χ3n) is 4.00. The average Bonchev–Trinajstić information content (AvgIpc) is 3.19. The lowest BCUT2D eigenvalue weighted by Crippen LogP contribution is -2.27. The van der Waals surface area contributed by atoms with Crippen LogP contribution < -0.4 is 5.32 Å². The predicted octanol–water partition coefficient (Wildman–Crippen LogP) is 1.87. The molecule has 0 aliphatic heterocycles. The van der Waals surface area contributed by atoms with E-state index in [-0.39, 0.29) is 11.8 Å². The quantitative estimate of drug-likeness (QED) is 0.796. The largest absolute Gasteiger partial charge is 0.481 e. The Hall–Kier alpha value is -2.30. The van der Waals surface area contributed by atoms with E-state index in [0.29, 0.717) is 13.0 Å². The number of aromatic nitrogens is 1. The van der Waals surface area contributed by atoms with Gasteiger partial charge in [-0.25, -0.2) is 0 Å². The molecule has 21 heavy (non-hydrogen) atoms. The molecule has 110 valence electrons. The molecule has 1 fully saturated rings. The summed E-state index contributed by atoms with van der Waals surface area (Å²) in [6, 6.07) is 10.3. The lowest BCUT2D eigenvalue weighted by molar-refractivity contribution is -0.140. The van der Waals surface area contributed by atoms with E-state index >= 15 is 0 Å². The van der Waals surface area contributed by atoms with Gasteiger partial charge in [0.25, 0.3) is 0 Å². The number of aryl methyl sites for hydroxylation is 1. The number of aliphatic carboxylic acids is 1. The molecule has 3 rings (SSSR count). The molecule has 1 heterocycles. The highest BCUT2D eigenvalue weighted by Gasteiger charge is 2.48. The molecule has 0 bridgehead atoms. The normalized spacial score (nSPS) is 20.4. The molecular weight excluding hydrogens is 268 g/mol. The van der Waals surface area contributed by atoms with Crippen molar-refractivity contribution < 1.29 is 14.7 Å². The number of rotatable bonds is 6. The molecule has 1 aliphatic carbocycles. The van der Waals surface area contributed by atoms with E-state index in [2.05, 4.69) is 28.1 Å². The number of carboxylic acid groups (broad SMARTS) is 1. The van der Waals surface area contributed by atoms with Crippen molar-refractivity contribution in [2.45, 2.75) is 19.4 Å². The van der Waals surface area contributed by atoms with Gasteiger partial charge in [0, 0.05) is 24.8 Å². The van der Waals surface area contributed by atoms with Crippen LogP contribution in [-0.2, 0) is 16.1 Å². The summed E-state index contributed by atoms with van der Waals surface area (Å²) in [5, 5.41) is 12.8. The van der Waals surface area contributed by atoms with Gasteiger partial charge in [0.15, 0.2) is 0 Å². The first-order valence-electron chi connectivity index (χ1n) is 7.21. The van der Waals surface area contributed by atoms with Crippen LogP contribution in [0.2, 0.25) is 0 Å². The van der Waals surface area contributed by atoms with Gasteiger partial charge in [-0.1, -0.05) is 18.2 Å². The molecule has 2 N–H and O–H groups in total. The van der Waals surface area contributed by atoms with Crippen LogP contribution in [0.3, 0.4) is 0 Å². The Kier molecular flexibility index (Phi) is 3.64.